The van der Waals surface area contributed by atoms with Crippen LogP contribution in [0.3, 0.4) is 0 Å². The zero-order valence-electron chi connectivity index (χ0n) is 12.7. The summed E-state index contributed by atoms with van der Waals surface area (Å²) in [5.74, 6) is 0.392. The Bertz CT molecular complexity index is 769. The summed E-state index contributed by atoms with van der Waals surface area (Å²) in [6, 6.07) is 5.42. The fraction of sp³-hybridized carbons (Fsp3) is 0.375. The van der Waals surface area contributed by atoms with Crippen molar-refractivity contribution < 1.29 is 9.53 Å². The maximum atomic E-state index is 12.2. The van der Waals surface area contributed by atoms with E-state index in [9.17, 15) is 4.79 Å². The van der Waals surface area contributed by atoms with E-state index in [-0.39, 0.29) is 11.8 Å². The van der Waals surface area contributed by atoms with Gasteiger partial charge in [0.15, 0.2) is 5.13 Å². The second-order valence-electron chi connectivity index (χ2n) is 5.75. The van der Waals surface area contributed by atoms with Gasteiger partial charge in [-0.15, -0.1) is 0 Å². The van der Waals surface area contributed by atoms with E-state index in [0.717, 1.165) is 28.7 Å². The summed E-state index contributed by atoms with van der Waals surface area (Å²) < 4.78 is 5.39. The second kappa shape index (κ2) is 6.52. The van der Waals surface area contributed by atoms with E-state index in [1.165, 1.54) is 0 Å². The van der Waals surface area contributed by atoms with Crippen molar-refractivity contribution in [2.45, 2.75) is 12.3 Å². The first kappa shape index (κ1) is 16.1. The standard InChI is InChI=1S/C16H15Cl2N3O2S/c17-10-2-1-3-11(18)13(10)9-8-12(22)19-15-14(9)24-16(20-15)21-4-6-23-7-5-21/h1-3,9H,4-8H2,(H,19,22)/t9-/m1/s1. The van der Waals surface area contributed by atoms with Crippen LogP contribution < -0.4 is 10.2 Å². The average Bonchev–Trinajstić information content (AvgIpc) is 2.99. The molecule has 0 radical (unpaired) electrons. The first-order valence-corrected chi connectivity index (χ1v) is 9.28. The molecule has 1 atom stereocenters. The molecule has 0 spiro atoms. The highest BCUT2D eigenvalue weighted by Crippen LogP contribution is 2.46. The van der Waals surface area contributed by atoms with Gasteiger partial charge in [-0.05, 0) is 17.7 Å². The average molecular weight is 384 g/mol. The number of fused-ring (bicyclic) bond motifs is 1. The number of ether oxygens (including phenoxy) is 1. The molecular weight excluding hydrogens is 369 g/mol. The van der Waals surface area contributed by atoms with Crippen LogP contribution in [0.4, 0.5) is 10.9 Å². The maximum Gasteiger partial charge on any atom is 0.226 e. The Morgan fingerprint density at radius 1 is 1.25 bits per heavy atom. The molecule has 8 heteroatoms. The monoisotopic (exact) mass is 383 g/mol. The van der Waals surface area contributed by atoms with E-state index in [1.807, 2.05) is 6.07 Å². The number of aromatic nitrogens is 1. The van der Waals surface area contributed by atoms with Gasteiger partial charge in [0.05, 0.1) is 18.1 Å². The molecule has 0 bridgehead atoms. The molecule has 0 aliphatic carbocycles. The largest absolute Gasteiger partial charge is 0.378 e. The highest BCUT2D eigenvalue weighted by molar-refractivity contribution is 7.16. The highest BCUT2D eigenvalue weighted by atomic mass is 35.5. The van der Waals surface area contributed by atoms with Gasteiger partial charge in [-0.25, -0.2) is 4.98 Å². The summed E-state index contributed by atoms with van der Waals surface area (Å²) in [4.78, 5) is 20.0. The molecular formula is C16H15Cl2N3O2S. The number of hydrogen-bond donors (Lipinski definition) is 1. The Balaban J connectivity index is 1.76. The third-order valence-electron chi connectivity index (χ3n) is 4.24. The molecule has 24 heavy (non-hydrogen) atoms. The molecule has 0 saturated carbocycles. The van der Waals surface area contributed by atoms with E-state index < -0.39 is 0 Å². The van der Waals surface area contributed by atoms with E-state index in [2.05, 4.69) is 15.2 Å². The van der Waals surface area contributed by atoms with Crippen LogP contribution in [0, 0.1) is 0 Å². The number of carbonyl (C=O) groups excluding carboxylic acids is 1. The Hall–Kier alpha value is -1.34. The van der Waals surface area contributed by atoms with Crippen molar-refractivity contribution in [3.05, 3.63) is 38.7 Å². The number of thiazole rings is 1. The molecule has 1 aromatic carbocycles. The Kier molecular flexibility index (Phi) is 4.39. The molecule has 126 valence electrons. The number of rotatable bonds is 2. The molecule has 1 N–H and O–H groups in total. The first-order valence-electron chi connectivity index (χ1n) is 7.70. The lowest BCUT2D eigenvalue weighted by molar-refractivity contribution is -0.116. The maximum absolute atomic E-state index is 12.2. The summed E-state index contributed by atoms with van der Waals surface area (Å²) in [5, 5.41) is 4.93. The molecule has 2 aromatic rings. The third-order valence-corrected chi connectivity index (χ3v) is 6.12. The number of carbonyl (C=O) groups is 1. The summed E-state index contributed by atoms with van der Waals surface area (Å²) >= 11 is 14.3. The number of nitrogens with one attached hydrogen (secondary N) is 1. The van der Waals surface area contributed by atoms with Crippen molar-refractivity contribution >= 4 is 51.4 Å². The molecule has 4 rings (SSSR count). The number of hydrogen-bond acceptors (Lipinski definition) is 5. The number of halogens is 2. The zero-order valence-corrected chi connectivity index (χ0v) is 15.0. The number of benzene rings is 1. The fourth-order valence-corrected chi connectivity index (χ4v) is 4.92. The normalized spacial score (nSPS) is 20.7. The van der Waals surface area contributed by atoms with Crippen molar-refractivity contribution in [3.63, 3.8) is 0 Å². The van der Waals surface area contributed by atoms with Crippen LogP contribution in [-0.4, -0.2) is 37.2 Å². The van der Waals surface area contributed by atoms with Gasteiger partial charge in [0.1, 0.15) is 5.82 Å². The summed E-state index contributed by atoms with van der Waals surface area (Å²) in [6.45, 7) is 2.99. The second-order valence-corrected chi connectivity index (χ2v) is 7.57. The molecule has 1 saturated heterocycles. The number of amides is 1. The number of anilines is 2. The van der Waals surface area contributed by atoms with Crippen LogP contribution in [-0.2, 0) is 9.53 Å². The Morgan fingerprint density at radius 3 is 2.67 bits per heavy atom. The SMILES string of the molecule is O=C1C[C@H](c2c(Cl)cccc2Cl)c2sc(N3CCOCC3)nc2N1. The molecule has 0 unspecified atom stereocenters. The molecule has 1 aromatic heterocycles. The van der Waals surface area contributed by atoms with Crippen molar-refractivity contribution in [2.75, 3.05) is 36.5 Å². The van der Waals surface area contributed by atoms with Crippen molar-refractivity contribution in [3.8, 4) is 0 Å². The number of morpholine rings is 1. The van der Waals surface area contributed by atoms with Crippen molar-refractivity contribution in [1.29, 1.82) is 0 Å². The van der Waals surface area contributed by atoms with Crippen LogP contribution in [0.5, 0.6) is 0 Å². The fourth-order valence-electron chi connectivity index (χ4n) is 3.07. The minimum atomic E-state index is -0.165. The van der Waals surface area contributed by atoms with E-state index in [0.29, 0.717) is 35.5 Å². The summed E-state index contributed by atoms with van der Waals surface area (Å²) in [7, 11) is 0. The summed E-state index contributed by atoms with van der Waals surface area (Å²) in [5.41, 5.74) is 0.800. The van der Waals surface area contributed by atoms with Crippen LogP contribution in [0.15, 0.2) is 18.2 Å². The molecule has 1 amide bonds. The van der Waals surface area contributed by atoms with Gasteiger partial charge in [0.2, 0.25) is 5.91 Å². The van der Waals surface area contributed by atoms with Gasteiger partial charge in [-0.2, -0.15) is 0 Å². The lowest BCUT2D eigenvalue weighted by Crippen LogP contribution is -2.36. The number of nitrogens with zero attached hydrogens (tertiary/aromatic N) is 2. The Labute approximate surface area is 153 Å². The van der Waals surface area contributed by atoms with E-state index in [4.69, 9.17) is 27.9 Å². The van der Waals surface area contributed by atoms with Gasteiger partial charge < -0.3 is 15.0 Å². The van der Waals surface area contributed by atoms with Crippen LogP contribution >= 0.6 is 34.5 Å². The molecule has 2 aliphatic rings. The predicted octanol–water partition coefficient (Wildman–Crippen LogP) is 3.76. The smallest absolute Gasteiger partial charge is 0.226 e. The molecule has 1 fully saturated rings. The predicted molar refractivity (Wildman–Crippen MR) is 96.7 cm³/mol. The minimum Gasteiger partial charge on any atom is -0.378 e. The molecule has 3 heterocycles. The minimum absolute atomic E-state index is 0.0673. The van der Waals surface area contributed by atoms with Crippen molar-refractivity contribution in [1.82, 2.24) is 4.98 Å². The first-order chi connectivity index (χ1) is 11.6. The van der Waals surface area contributed by atoms with E-state index in [1.54, 1.807) is 23.5 Å². The van der Waals surface area contributed by atoms with E-state index >= 15 is 0 Å². The van der Waals surface area contributed by atoms with Crippen molar-refractivity contribution in [2.24, 2.45) is 0 Å². The van der Waals surface area contributed by atoms with Crippen LogP contribution in [0.1, 0.15) is 22.8 Å². The van der Waals surface area contributed by atoms with Crippen LogP contribution in [0.2, 0.25) is 10.0 Å². The zero-order chi connectivity index (χ0) is 16.7. The lowest BCUT2D eigenvalue weighted by Gasteiger charge is -2.26. The van der Waals surface area contributed by atoms with Crippen LogP contribution in [0.25, 0.3) is 0 Å². The van der Waals surface area contributed by atoms with Gasteiger partial charge in [0, 0.05) is 35.5 Å². The molecule has 2 aliphatic heterocycles. The Morgan fingerprint density at radius 2 is 1.96 bits per heavy atom. The summed E-state index contributed by atoms with van der Waals surface area (Å²) in [6.07, 6.45) is 0.321. The molecule has 5 nitrogen and oxygen atoms in total. The third kappa shape index (κ3) is 2.88. The van der Waals surface area contributed by atoms with Gasteiger partial charge in [-0.3, -0.25) is 4.79 Å². The lowest BCUT2D eigenvalue weighted by atomic mass is 9.91. The van der Waals surface area contributed by atoms with Gasteiger partial charge in [0.25, 0.3) is 0 Å². The topological polar surface area (TPSA) is 54.5 Å². The van der Waals surface area contributed by atoms with Gasteiger partial charge >= 0.3 is 0 Å². The highest BCUT2D eigenvalue weighted by Gasteiger charge is 2.33. The quantitative estimate of drug-likeness (QED) is 0.857. The van der Waals surface area contributed by atoms with Gasteiger partial charge in [-0.1, -0.05) is 40.6 Å².